The average Bonchev–Trinajstić information content (AvgIpc) is 2.84. The molecular weight excluding hydrogens is 296 g/mol. The molecule has 1 fully saturated rings. The quantitative estimate of drug-likeness (QED) is 0.897. The van der Waals surface area contributed by atoms with Gasteiger partial charge in [0, 0.05) is 24.5 Å². The molecule has 1 aliphatic rings. The van der Waals surface area contributed by atoms with E-state index in [1.54, 1.807) is 6.07 Å². The van der Waals surface area contributed by atoms with Gasteiger partial charge in [-0.3, -0.25) is 0 Å². The third-order valence-electron chi connectivity index (χ3n) is 3.17. The zero-order valence-electron chi connectivity index (χ0n) is 12.1. The lowest BCUT2D eigenvalue weighted by Gasteiger charge is -2.34. The van der Waals surface area contributed by atoms with Crippen LogP contribution in [0, 0.1) is 0 Å². The number of nitrogens with zero attached hydrogens (tertiary/aromatic N) is 1. The predicted molar refractivity (Wildman–Crippen MR) is 80.5 cm³/mol. The first-order chi connectivity index (χ1) is 9.43. The molecule has 2 heterocycles. The first-order valence-electron chi connectivity index (χ1n) is 6.88. The van der Waals surface area contributed by atoms with Crippen molar-refractivity contribution in [1.29, 1.82) is 0 Å². The largest absolute Gasteiger partial charge is 0.373 e. The molecule has 114 valence electrons. The van der Waals surface area contributed by atoms with Gasteiger partial charge in [0.15, 0.2) is 0 Å². The zero-order chi connectivity index (χ0) is 14.8. The zero-order valence-corrected chi connectivity index (χ0v) is 13.8. The van der Waals surface area contributed by atoms with Crippen LogP contribution in [0.3, 0.4) is 0 Å². The molecule has 7 heteroatoms. The molecule has 2 unspecified atom stereocenters. The summed E-state index contributed by atoms with van der Waals surface area (Å²) in [6, 6.07) is 3.59. The Morgan fingerprint density at radius 1 is 1.35 bits per heavy atom. The minimum absolute atomic E-state index is 0.0604. The van der Waals surface area contributed by atoms with Crippen molar-refractivity contribution in [3.8, 4) is 0 Å². The molecule has 0 saturated carbocycles. The normalized spacial score (nSPS) is 24.9. The van der Waals surface area contributed by atoms with Crippen LogP contribution in [0.4, 0.5) is 0 Å². The Hall–Kier alpha value is -0.470. The molecule has 1 saturated heterocycles. The molecule has 1 aromatic heterocycles. The van der Waals surface area contributed by atoms with E-state index in [1.165, 1.54) is 15.6 Å². The standard InChI is InChI=1S/C13H22N2O3S2/c1-4-14-7-12-5-6-13(19-12)20(16,17)15-8-10(2)18-11(3)9-15/h5-6,10-11,14H,4,7-9H2,1-3H3. The van der Waals surface area contributed by atoms with Crippen molar-refractivity contribution in [3.63, 3.8) is 0 Å². The highest BCUT2D eigenvalue weighted by Gasteiger charge is 2.33. The van der Waals surface area contributed by atoms with Crippen molar-refractivity contribution >= 4 is 21.4 Å². The maximum atomic E-state index is 12.6. The molecule has 0 amide bonds. The van der Waals surface area contributed by atoms with Crippen LogP contribution < -0.4 is 5.32 Å². The molecule has 1 N–H and O–H groups in total. The summed E-state index contributed by atoms with van der Waals surface area (Å²) in [5.74, 6) is 0. The minimum atomic E-state index is -3.39. The van der Waals surface area contributed by atoms with Crippen LogP contribution in [-0.2, 0) is 21.3 Å². The van der Waals surface area contributed by atoms with Crippen LogP contribution in [-0.4, -0.2) is 44.6 Å². The molecular formula is C13H22N2O3S2. The van der Waals surface area contributed by atoms with Gasteiger partial charge in [0.2, 0.25) is 0 Å². The molecule has 2 atom stereocenters. The van der Waals surface area contributed by atoms with Crippen LogP contribution in [0.2, 0.25) is 0 Å². The van der Waals surface area contributed by atoms with Crippen molar-refractivity contribution in [2.24, 2.45) is 0 Å². The van der Waals surface area contributed by atoms with Crippen molar-refractivity contribution in [2.75, 3.05) is 19.6 Å². The van der Waals surface area contributed by atoms with Crippen molar-refractivity contribution in [1.82, 2.24) is 9.62 Å². The smallest absolute Gasteiger partial charge is 0.252 e. The van der Waals surface area contributed by atoms with Crippen LogP contribution in [0.1, 0.15) is 25.6 Å². The first-order valence-corrected chi connectivity index (χ1v) is 9.14. The fraction of sp³-hybridized carbons (Fsp3) is 0.692. The number of sulfonamides is 1. The Morgan fingerprint density at radius 3 is 2.60 bits per heavy atom. The van der Waals surface area contributed by atoms with E-state index < -0.39 is 10.0 Å². The summed E-state index contributed by atoms with van der Waals surface area (Å²) in [5, 5.41) is 3.20. The molecule has 0 bridgehead atoms. The summed E-state index contributed by atoms with van der Waals surface area (Å²) in [4.78, 5) is 1.04. The van der Waals surface area contributed by atoms with E-state index in [9.17, 15) is 8.42 Å². The number of hydrogen-bond acceptors (Lipinski definition) is 5. The number of rotatable bonds is 5. The third kappa shape index (κ3) is 3.59. The monoisotopic (exact) mass is 318 g/mol. The third-order valence-corrected chi connectivity index (χ3v) is 6.55. The highest BCUT2D eigenvalue weighted by atomic mass is 32.2. The van der Waals surface area contributed by atoms with Gasteiger partial charge in [-0.15, -0.1) is 11.3 Å². The van der Waals surface area contributed by atoms with Crippen molar-refractivity contribution in [2.45, 2.75) is 43.7 Å². The second-order valence-electron chi connectivity index (χ2n) is 5.08. The molecule has 0 aliphatic carbocycles. The summed E-state index contributed by atoms with van der Waals surface area (Å²) in [6.45, 7) is 8.28. The maximum Gasteiger partial charge on any atom is 0.252 e. The fourth-order valence-corrected chi connectivity index (χ4v) is 5.36. The SMILES string of the molecule is CCNCc1ccc(S(=O)(=O)N2CC(C)OC(C)C2)s1. The Balaban J connectivity index is 2.15. The predicted octanol–water partition coefficient (Wildman–Crippen LogP) is 1.66. The van der Waals surface area contributed by atoms with Gasteiger partial charge in [0.1, 0.15) is 4.21 Å². The lowest BCUT2D eigenvalue weighted by atomic mass is 10.3. The van der Waals surface area contributed by atoms with E-state index in [-0.39, 0.29) is 12.2 Å². The molecule has 0 aromatic carbocycles. The van der Waals surface area contributed by atoms with E-state index in [2.05, 4.69) is 5.32 Å². The summed E-state index contributed by atoms with van der Waals surface area (Å²) >= 11 is 1.34. The number of morpholine rings is 1. The highest BCUT2D eigenvalue weighted by Crippen LogP contribution is 2.27. The lowest BCUT2D eigenvalue weighted by Crippen LogP contribution is -2.47. The topological polar surface area (TPSA) is 58.6 Å². The van der Waals surface area contributed by atoms with Gasteiger partial charge < -0.3 is 10.1 Å². The molecule has 20 heavy (non-hydrogen) atoms. The van der Waals surface area contributed by atoms with E-state index in [0.717, 1.165) is 11.4 Å². The fourth-order valence-electron chi connectivity index (χ4n) is 2.29. The number of hydrogen-bond donors (Lipinski definition) is 1. The van der Waals surface area contributed by atoms with E-state index in [4.69, 9.17) is 4.74 Å². The summed E-state index contributed by atoms with van der Waals surface area (Å²) in [7, 11) is -3.39. The molecule has 0 spiro atoms. The number of nitrogens with one attached hydrogen (secondary N) is 1. The Kier molecular flexibility index (Phi) is 5.19. The summed E-state index contributed by atoms with van der Waals surface area (Å²) < 4.78 is 32.8. The maximum absolute atomic E-state index is 12.6. The Morgan fingerprint density at radius 2 is 2.00 bits per heavy atom. The molecule has 0 radical (unpaired) electrons. The minimum Gasteiger partial charge on any atom is -0.373 e. The van der Waals surface area contributed by atoms with Crippen molar-refractivity contribution < 1.29 is 13.2 Å². The van der Waals surface area contributed by atoms with Gasteiger partial charge in [-0.05, 0) is 32.5 Å². The molecule has 2 rings (SSSR count). The number of thiophene rings is 1. The first kappa shape index (κ1) is 15.9. The lowest BCUT2D eigenvalue weighted by molar-refractivity contribution is -0.0440. The Bertz CT molecular complexity index is 532. The van der Waals surface area contributed by atoms with Gasteiger partial charge in [0.05, 0.1) is 12.2 Å². The van der Waals surface area contributed by atoms with Gasteiger partial charge >= 0.3 is 0 Å². The van der Waals surface area contributed by atoms with Crippen LogP contribution in [0.5, 0.6) is 0 Å². The van der Waals surface area contributed by atoms with Gasteiger partial charge in [-0.2, -0.15) is 4.31 Å². The van der Waals surface area contributed by atoms with Gasteiger partial charge in [-0.25, -0.2) is 8.42 Å². The van der Waals surface area contributed by atoms with Crippen molar-refractivity contribution in [3.05, 3.63) is 17.0 Å². The molecule has 1 aliphatic heterocycles. The Labute approximate surface area is 125 Å². The van der Waals surface area contributed by atoms with Gasteiger partial charge in [-0.1, -0.05) is 6.92 Å². The second kappa shape index (κ2) is 6.53. The van der Waals surface area contributed by atoms with E-state index >= 15 is 0 Å². The molecule has 1 aromatic rings. The average molecular weight is 318 g/mol. The highest BCUT2D eigenvalue weighted by molar-refractivity contribution is 7.91. The van der Waals surface area contributed by atoms with Crippen LogP contribution in [0.15, 0.2) is 16.3 Å². The van der Waals surface area contributed by atoms with Crippen LogP contribution >= 0.6 is 11.3 Å². The molecule has 5 nitrogen and oxygen atoms in total. The van der Waals surface area contributed by atoms with E-state index in [0.29, 0.717) is 23.8 Å². The summed E-state index contributed by atoms with van der Waals surface area (Å²) in [5.41, 5.74) is 0. The number of ether oxygens (including phenoxy) is 1. The summed E-state index contributed by atoms with van der Waals surface area (Å²) in [6.07, 6.45) is -0.121. The van der Waals surface area contributed by atoms with Crippen LogP contribution in [0.25, 0.3) is 0 Å². The second-order valence-corrected chi connectivity index (χ2v) is 8.41. The van der Waals surface area contributed by atoms with Gasteiger partial charge in [0.25, 0.3) is 10.0 Å². The van der Waals surface area contributed by atoms with E-state index in [1.807, 2.05) is 26.8 Å².